The molecule has 8 nitrogen and oxygen atoms in total. The molecule has 2 rings (SSSR count). The number of carboxylic acids is 1. The van der Waals surface area contributed by atoms with Crippen LogP contribution in [0.1, 0.15) is 43.7 Å². The van der Waals surface area contributed by atoms with Crippen molar-refractivity contribution < 1.29 is 19.5 Å². The van der Waals surface area contributed by atoms with Gasteiger partial charge in [-0.25, -0.2) is 9.78 Å². The Hall–Kier alpha value is -2.00. The molecule has 1 fully saturated rings. The van der Waals surface area contributed by atoms with Crippen molar-refractivity contribution in [2.24, 2.45) is 11.8 Å². The maximum Gasteiger partial charge on any atom is 0.326 e. The van der Waals surface area contributed by atoms with Gasteiger partial charge in [0.25, 0.3) is 0 Å². The molecule has 1 saturated heterocycles. The van der Waals surface area contributed by atoms with E-state index in [2.05, 4.69) is 15.6 Å². The van der Waals surface area contributed by atoms with E-state index >= 15 is 0 Å². The van der Waals surface area contributed by atoms with E-state index in [1.165, 1.54) is 11.3 Å². The summed E-state index contributed by atoms with van der Waals surface area (Å²) < 4.78 is 0. The second-order valence-electron chi connectivity index (χ2n) is 7.49. The Labute approximate surface area is 169 Å². The number of aromatic nitrogens is 1. The van der Waals surface area contributed by atoms with Crippen molar-refractivity contribution in [2.45, 2.75) is 53.0 Å². The van der Waals surface area contributed by atoms with Crippen LogP contribution in [0, 0.1) is 25.7 Å². The first-order valence-electron chi connectivity index (χ1n) is 9.70. The number of carboxylic acid groups (broad SMARTS) is 1. The quantitative estimate of drug-likeness (QED) is 0.605. The highest BCUT2D eigenvalue weighted by Gasteiger charge is 2.31. The fourth-order valence-corrected chi connectivity index (χ4v) is 4.09. The third-order valence-electron chi connectivity index (χ3n) is 5.30. The zero-order valence-electron chi connectivity index (χ0n) is 16.9. The molecule has 28 heavy (non-hydrogen) atoms. The van der Waals surface area contributed by atoms with E-state index in [0.717, 1.165) is 23.5 Å². The summed E-state index contributed by atoms with van der Waals surface area (Å²) >= 11 is 1.44. The lowest BCUT2D eigenvalue weighted by Gasteiger charge is -2.32. The van der Waals surface area contributed by atoms with Crippen molar-refractivity contribution in [3.8, 4) is 0 Å². The van der Waals surface area contributed by atoms with Gasteiger partial charge in [-0.2, -0.15) is 0 Å². The molecule has 3 atom stereocenters. The number of hydrogen-bond donors (Lipinski definition) is 3. The van der Waals surface area contributed by atoms with Gasteiger partial charge in [0, 0.05) is 11.4 Å². The van der Waals surface area contributed by atoms with Crippen LogP contribution in [0.25, 0.3) is 0 Å². The van der Waals surface area contributed by atoms with Gasteiger partial charge >= 0.3 is 5.97 Å². The molecule has 2 amide bonds. The van der Waals surface area contributed by atoms with Crippen LogP contribution >= 0.6 is 11.3 Å². The average Bonchev–Trinajstić information content (AvgIpc) is 2.95. The lowest BCUT2D eigenvalue weighted by atomic mass is 9.94. The van der Waals surface area contributed by atoms with Crippen LogP contribution in [0.15, 0.2) is 0 Å². The van der Waals surface area contributed by atoms with E-state index < -0.39 is 12.0 Å². The van der Waals surface area contributed by atoms with Crippen molar-refractivity contribution in [3.63, 3.8) is 0 Å². The third-order valence-corrected chi connectivity index (χ3v) is 6.28. The summed E-state index contributed by atoms with van der Waals surface area (Å²) in [6.45, 7) is 8.95. The number of likely N-dealkylation sites (tertiary alicyclic amines) is 1. The first kappa shape index (κ1) is 22.3. The summed E-state index contributed by atoms with van der Waals surface area (Å²) in [6.07, 6.45) is 2.16. The number of carbonyl (C=O) groups excluding carboxylic acids is 2. The zero-order chi connectivity index (χ0) is 20.8. The number of amides is 2. The molecule has 0 radical (unpaired) electrons. The van der Waals surface area contributed by atoms with Gasteiger partial charge in [0.05, 0.1) is 18.2 Å². The second kappa shape index (κ2) is 9.97. The number of rotatable bonds is 8. The van der Waals surface area contributed by atoms with Gasteiger partial charge in [0.1, 0.15) is 6.04 Å². The van der Waals surface area contributed by atoms with Gasteiger partial charge in [-0.3, -0.25) is 14.5 Å². The maximum atomic E-state index is 12.6. The van der Waals surface area contributed by atoms with E-state index in [0.29, 0.717) is 24.5 Å². The summed E-state index contributed by atoms with van der Waals surface area (Å²) in [4.78, 5) is 43.7. The van der Waals surface area contributed by atoms with E-state index in [4.69, 9.17) is 0 Å². The van der Waals surface area contributed by atoms with Crippen molar-refractivity contribution in [1.29, 1.82) is 0 Å². The maximum absolute atomic E-state index is 12.6. The van der Waals surface area contributed by atoms with Crippen LogP contribution in [0.5, 0.6) is 0 Å². The summed E-state index contributed by atoms with van der Waals surface area (Å²) in [7, 11) is 0. The minimum absolute atomic E-state index is 0.142. The number of nitrogens with zero attached hydrogens (tertiary/aromatic N) is 2. The molecule has 2 heterocycles. The number of carbonyl (C=O) groups is 3. The van der Waals surface area contributed by atoms with Gasteiger partial charge in [-0.1, -0.05) is 20.3 Å². The normalized spacial score (nSPS) is 19.6. The molecule has 0 spiro atoms. The molecule has 156 valence electrons. The first-order chi connectivity index (χ1) is 13.2. The Morgan fingerprint density at radius 3 is 2.64 bits per heavy atom. The van der Waals surface area contributed by atoms with Crippen LogP contribution in [-0.2, 0) is 14.4 Å². The first-order valence-corrected chi connectivity index (χ1v) is 10.5. The Balaban J connectivity index is 1.89. The molecule has 1 aromatic rings. The molecule has 0 bridgehead atoms. The summed E-state index contributed by atoms with van der Waals surface area (Å²) in [5, 5.41) is 15.5. The molecule has 1 aromatic heterocycles. The van der Waals surface area contributed by atoms with Crippen LogP contribution in [0.4, 0.5) is 5.13 Å². The highest BCUT2D eigenvalue weighted by molar-refractivity contribution is 7.15. The van der Waals surface area contributed by atoms with E-state index in [1.807, 2.05) is 32.6 Å². The Morgan fingerprint density at radius 2 is 2.07 bits per heavy atom. The molecule has 0 saturated carbocycles. The number of piperidine rings is 1. The Kier molecular flexibility index (Phi) is 7.94. The SMILES string of the molecule is CCC(C)C(NC(=O)C1CCCN(CC(=O)Nc2nc(C)c(C)s2)C1)C(=O)O. The minimum Gasteiger partial charge on any atom is -0.480 e. The van der Waals surface area contributed by atoms with Gasteiger partial charge in [-0.15, -0.1) is 11.3 Å². The van der Waals surface area contributed by atoms with Gasteiger partial charge in [-0.05, 0) is 39.2 Å². The van der Waals surface area contributed by atoms with Gasteiger partial charge in [0.2, 0.25) is 11.8 Å². The highest BCUT2D eigenvalue weighted by Crippen LogP contribution is 2.22. The topological polar surface area (TPSA) is 112 Å². The number of anilines is 1. The second-order valence-corrected chi connectivity index (χ2v) is 8.70. The molecule has 0 aromatic carbocycles. The number of hydrogen-bond acceptors (Lipinski definition) is 6. The van der Waals surface area contributed by atoms with Crippen LogP contribution in [-0.4, -0.2) is 58.5 Å². The number of thiazole rings is 1. The lowest BCUT2D eigenvalue weighted by Crippen LogP contribution is -2.51. The average molecular weight is 411 g/mol. The molecule has 9 heteroatoms. The highest BCUT2D eigenvalue weighted by atomic mass is 32.1. The number of aryl methyl sites for hydroxylation is 2. The summed E-state index contributed by atoms with van der Waals surface area (Å²) in [6, 6.07) is -0.882. The molecule has 3 N–H and O–H groups in total. The smallest absolute Gasteiger partial charge is 0.326 e. The third kappa shape index (κ3) is 6.00. The van der Waals surface area contributed by atoms with Gasteiger partial charge in [0.15, 0.2) is 5.13 Å². The minimum atomic E-state index is -1.01. The van der Waals surface area contributed by atoms with Crippen molar-refractivity contribution in [3.05, 3.63) is 10.6 Å². The summed E-state index contributed by atoms with van der Waals surface area (Å²) in [5.74, 6) is -1.86. The molecular weight excluding hydrogens is 380 g/mol. The van der Waals surface area contributed by atoms with E-state index in [9.17, 15) is 19.5 Å². The van der Waals surface area contributed by atoms with Gasteiger partial charge < -0.3 is 15.7 Å². The summed E-state index contributed by atoms with van der Waals surface area (Å²) in [5.41, 5.74) is 0.907. The van der Waals surface area contributed by atoms with E-state index in [-0.39, 0.29) is 30.2 Å². The molecule has 1 aliphatic heterocycles. The van der Waals surface area contributed by atoms with Crippen molar-refractivity contribution in [1.82, 2.24) is 15.2 Å². The fraction of sp³-hybridized carbons (Fsp3) is 0.684. The Morgan fingerprint density at radius 1 is 1.36 bits per heavy atom. The lowest BCUT2D eigenvalue weighted by molar-refractivity contribution is -0.144. The molecular formula is C19H30N4O4S. The molecule has 0 aliphatic carbocycles. The van der Waals surface area contributed by atoms with Crippen LogP contribution < -0.4 is 10.6 Å². The van der Waals surface area contributed by atoms with Crippen molar-refractivity contribution >= 4 is 34.3 Å². The monoisotopic (exact) mass is 410 g/mol. The van der Waals surface area contributed by atoms with Crippen LogP contribution in [0.2, 0.25) is 0 Å². The fourth-order valence-electron chi connectivity index (χ4n) is 3.26. The van der Waals surface area contributed by atoms with E-state index in [1.54, 1.807) is 0 Å². The number of nitrogens with one attached hydrogen (secondary N) is 2. The predicted octanol–water partition coefficient (Wildman–Crippen LogP) is 2.03. The number of aliphatic carboxylic acids is 1. The van der Waals surface area contributed by atoms with Crippen LogP contribution in [0.3, 0.4) is 0 Å². The molecule has 3 unspecified atom stereocenters. The predicted molar refractivity (Wildman–Crippen MR) is 108 cm³/mol. The standard InChI is InChI=1S/C19H30N4O4S/c1-5-11(2)16(18(26)27)22-17(25)14-7-6-8-23(9-14)10-15(24)21-19-20-12(3)13(4)28-19/h11,14,16H,5-10H2,1-4H3,(H,22,25)(H,26,27)(H,20,21,24). The largest absolute Gasteiger partial charge is 0.480 e. The Bertz CT molecular complexity index is 701. The zero-order valence-corrected chi connectivity index (χ0v) is 17.8. The van der Waals surface area contributed by atoms with Crippen molar-refractivity contribution in [2.75, 3.05) is 25.0 Å². The molecule has 1 aliphatic rings.